The first kappa shape index (κ1) is 22.1. The van der Waals surface area contributed by atoms with E-state index in [1.54, 1.807) is 11.1 Å². The molecule has 0 radical (unpaired) electrons. The van der Waals surface area contributed by atoms with Crippen molar-refractivity contribution in [2.45, 2.75) is 103 Å². The number of hydrogen-bond acceptors (Lipinski definition) is 2. The lowest BCUT2D eigenvalue weighted by Crippen LogP contribution is -2.15. The van der Waals surface area contributed by atoms with Gasteiger partial charge in [-0.15, -0.1) is 0 Å². The standard InChI is InChI=1S/C25H41NO/c1-2-3-4-5-6-7-8-9-12-24-16-15-23(21-26-17-10-11-18-27)20-25(24)19-22-13-14-22/h15-16,18,20,22,26H,2-14,17,19,21H2,1H3. The quantitative estimate of drug-likeness (QED) is 0.254. The molecule has 1 aromatic carbocycles. The third-order valence-electron chi connectivity index (χ3n) is 5.78. The van der Waals surface area contributed by atoms with Crippen LogP contribution in [0.4, 0.5) is 0 Å². The maximum atomic E-state index is 10.4. The Bertz CT molecular complexity index is 521. The summed E-state index contributed by atoms with van der Waals surface area (Å²) in [6.45, 7) is 4.14. The second-order valence-corrected chi connectivity index (χ2v) is 8.46. The molecule has 0 amide bonds. The van der Waals surface area contributed by atoms with Crippen LogP contribution in [0.3, 0.4) is 0 Å². The summed E-state index contributed by atoms with van der Waals surface area (Å²) in [5, 5.41) is 3.47. The van der Waals surface area contributed by atoms with Crippen LogP contribution >= 0.6 is 0 Å². The Morgan fingerprint density at radius 3 is 2.41 bits per heavy atom. The molecule has 1 saturated carbocycles. The Kier molecular flexibility index (Phi) is 11.4. The van der Waals surface area contributed by atoms with E-state index in [1.807, 2.05) is 0 Å². The molecular weight excluding hydrogens is 330 g/mol. The number of unbranched alkanes of at least 4 members (excludes halogenated alkanes) is 8. The summed E-state index contributed by atoms with van der Waals surface area (Å²) in [5.41, 5.74) is 4.60. The zero-order valence-electron chi connectivity index (χ0n) is 17.6. The summed E-state index contributed by atoms with van der Waals surface area (Å²) < 4.78 is 0. The molecule has 0 heterocycles. The molecule has 2 heteroatoms. The van der Waals surface area contributed by atoms with Crippen LogP contribution in [-0.2, 0) is 24.2 Å². The molecule has 2 rings (SSSR count). The van der Waals surface area contributed by atoms with Gasteiger partial charge in [-0.3, -0.25) is 0 Å². The van der Waals surface area contributed by atoms with E-state index in [1.165, 1.54) is 82.6 Å². The van der Waals surface area contributed by atoms with Crippen LogP contribution in [0, 0.1) is 5.92 Å². The van der Waals surface area contributed by atoms with Crippen molar-refractivity contribution in [1.82, 2.24) is 5.32 Å². The van der Waals surface area contributed by atoms with Crippen molar-refractivity contribution in [1.29, 1.82) is 0 Å². The van der Waals surface area contributed by atoms with E-state index >= 15 is 0 Å². The topological polar surface area (TPSA) is 29.1 Å². The lowest BCUT2D eigenvalue weighted by atomic mass is 9.95. The summed E-state index contributed by atoms with van der Waals surface area (Å²) in [6, 6.07) is 7.15. The van der Waals surface area contributed by atoms with Gasteiger partial charge in [0.05, 0.1) is 0 Å². The number of aldehydes is 1. The lowest BCUT2D eigenvalue weighted by Gasteiger charge is -2.13. The van der Waals surface area contributed by atoms with Gasteiger partial charge in [-0.25, -0.2) is 0 Å². The maximum Gasteiger partial charge on any atom is 0.120 e. The van der Waals surface area contributed by atoms with Crippen molar-refractivity contribution < 1.29 is 4.79 Å². The Morgan fingerprint density at radius 2 is 1.70 bits per heavy atom. The van der Waals surface area contributed by atoms with Gasteiger partial charge in [0.2, 0.25) is 0 Å². The van der Waals surface area contributed by atoms with Gasteiger partial charge in [-0.05, 0) is 67.7 Å². The fourth-order valence-corrected chi connectivity index (χ4v) is 3.85. The van der Waals surface area contributed by atoms with Crippen molar-refractivity contribution in [3.63, 3.8) is 0 Å². The predicted molar refractivity (Wildman–Crippen MR) is 116 cm³/mol. The fraction of sp³-hybridized carbons (Fsp3) is 0.720. The van der Waals surface area contributed by atoms with E-state index in [4.69, 9.17) is 0 Å². The monoisotopic (exact) mass is 371 g/mol. The molecule has 27 heavy (non-hydrogen) atoms. The van der Waals surface area contributed by atoms with Crippen LogP contribution in [0.25, 0.3) is 0 Å². The number of hydrogen-bond donors (Lipinski definition) is 1. The van der Waals surface area contributed by atoms with Crippen LogP contribution in [0.1, 0.15) is 101 Å². The Balaban J connectivity index is 1.72. The van der Waals surface area contributed by atoms with Crippen molar-refractivity contribution in [3.05, 3.63) is 34.9 Å². The molecule has 1 aromatic rings. The smallest absolute Gasteiger partial charge is 0.120 e. The predicted octanol–water partition coefficient (Wildman–Crippen LogP) is 6.39. The van der Waals surface area contributed by atoms with Crippen LogP contribution in [-0.4, -0.2) is 12.8 Å². The number of carbonyl (C=O) groups excluding carboxylic acids is 1. The number of aryl methyl sites for hydroxylation is 1. The molecule has 0 spiro atoms. The maximum absolute atomic E-state index is 10.4. The molecule has 2 nitrogen and oxygen atoms in total. The largest absolute Gasteiger partial charge is 0.313 e. The van der Waals surface area contributed by atoms with Crippen molar-refractivity contribution in [3.8, 4) is 0 Å². The number of nitrogens with one attached hydrogen (secondary N) is 1. The zero-order chi connectivity index (χ0) is 19.2. The Labute approximate surface area is 167 Å². The molecule has 0 bridgehead atoms. The molecule has 0 saturated heterocycles. The van der Waals surface area contributed by atoms with Gasteiger partial charge < -0.3 is 10.1 Å². The van der Waals surface area contributed by atoms with Gasteiger partial charge in [-0.1, -0.05) is 70.1 Å². The van der Waals surface area contributed by atoms with Gasteiger partial charge >= 0.3 is 0 Å². The molecule has 1 fully saturated rings. The fourth-order valence-electron chi connectivity index (χ4n) is 3.85. The van der Waals surface area contributed by atoms with Gasteiger partial charge in [0.25, 0.3) is 0 Å². The Morgan fingerprint density at radius 1 is 0.963 bits per heavy atom. The number of benzene rings is 1. The van der Waals surface area contributed by atoms with Crippen LogP contribution in [0.5, 0.6) is 0 Å². The van der Waals surface area contributed by atoms with Crippen molar-refractivity contribution in [2.75, 3.05) is 6.54 Å². The van der Waals surface area contributed by atoms with E-state index in [0.29, 0.717) is 6.42 Å². The summed E-state index contributed by atoms with van der Waals surface area (Å²) in [7, 11) is 0. The molecular formula is C25H41NO. The van der Waals surface area contributed by atoms with Gasteiger partial charge in [0.1, 0.15) is 6.29 Å². The zero-order valence-corrected chi connectivity index (χ0v) is 17.6. The third-order valence-corrected chi connectivity index (χ3v) is 5.78. The number of carbonyl (C=O) groups is 1. The van der Waals surface area contributed by atoms with Gasteiger partial charge in [0.15, 0.2) is 0 Å². The van der Waals surface area contributed by atoms with E-state index in [0.717, 1.165) is 31.7 Å². The van der Waals surface area contributed by atoms with Crippen LogP contribution in [0.2, 0.25) is 0 Å². The number of rotatable bonds is 17. The summed E-state index contributed by atoms with van der Waals surface area (Å²) in [6.07, 6.45) is 19.1. The highest BCUT2D eigenvalue weighted by Crippen LogP contribution is 2.34. The molecule has 0 unspecified atom stereocenters. The minimum atomic E-state index is 0.664. The third kappa shape index (κ3) is 10.1. The molecule has 152 valence electrons. The van der Waals surface area contributed by atoms with Crippen LogP contribution < -0.4 is 5.32 Å². The average Bonchev–Trinajstić information content (AvgIpc) is 3.49. The summed E-state index contributed by atoms with van der Waals surface area (Å²) in [4.78, 5) is 10.4. The van der Waals surface area contributed by atoms with E-state index in [2.05, 4.69) is 30.4 Å². The van der Waals surface area contributed by atoms with Gasteiger partial charge in [0, 0.05) is 13.0 Å². The molecule has 1 aliphatic carbocycles. The first-order valence-corrected chi connectivity index (χ1v) is 11.6. The molecule has 0 atom stereocenters. The highest BCUT2D eigenvalue weighted by molar-refractivity contribution is 5.49. The summed E-state index contributed by atoms with van der Waals surface area (Å²) >= 11 is 0. The van der Waals surface area contributed by atoms with Gasteiger partial charge in [-0.2, -0.15) is 0 Å². The minimum Gasteiger partial charge on any atom is -0.313 e. The second kappa shape index (κ2) is 13.9. The first-order valence-electron chi connectivity index (χ1n) is 11.6. The van der Waals surface area contributed by atoms with E-state index < -0.39 is 0 Å². The average molecular weight is 372 g/mol. The molecule has 0 aromatic heterocycles. The summed E-state index contributed by atoms with van der Waals surface area (Å²) in [5.74, 6) is 0.943. The molecule has 0 aliphatic heterocycles. The highest BCUT2D eigenvalue weighted by Gasteiger charge is 2.22. The first-order chi connectivity index (χ1) is 13.3. The SMILES string of the molecule is CCCCCCCCCCc1ccc(CNCCCC=O)cc1CC1CC1. The molecule has 1 N–H and O–H groups in total. The highest BCUT2D eigenvalue weighted by atomic mass is 16.1. The van der Waals surface area contributed by atoms with E-state index in [-0.39, 0.29) is 0 Å². The van der Waals surface area contributed by atoms with Crippen LogP contribution in [0.15, 0.2) is 18.2 Å². The van der Waals surface area contributed by atoms with Crippen molar-refractivity contribution >= 4 is 6.29 Å². The normalized spacial score (nSPS) is 13.8. The van der Waals surface area contributed by atoms with Crippen molar-refractivity contribution in [2.24, 2.45) is 5.92 Å². The minimum absolute atomic E-state index is 0.664. The Hall–Kier alpha value is -1.15. The van der Waals surface area contributed by atoms with E-state index in [9.17, 15) is 4.79 Å². The lowest BCUT2D eigenvalue weighted by molar-refractivity contribution is -0.107. The molecule has 1 aliphatic rings. The second-order valence-electron chi connectivity index (χ2n) is 8.46.